The molecule has 3 nitrogen and oxygen atoms in total. The molecule has 0 aromatic heterocycles. The van der Waals surface area contributed by atoms with Crippen molar-refractivity contribution in [1.29, 1.82) is 0 Å². The molecular weight excluding hydrogens is 480 g/mol. The monoisotopic (exact) mass is 534 g/mol. The molecule has 0 bridgehead atoms. The lowest BCUT2D eigenvalue weighted by Crippen LogP contribution is -2.15. The SMILES string of the molecule is CCCCCCCc1ccc(OC(=O)c2ccc(OCCCC3CCC(CCCCCCC)CC3)cc2)cc1. The van der Waals surface area contributed by atoms with Gasteiger partial charge in [0, 0.05) is 0 Å². The summed E-state index contributed by atoms with van der Waals surface area (Å²) in [6.45, 7) is 5.27. The first-order valence-corrected chi connectivity index (χ1v) is 16.2. The van der Waals surface area contributed by atoms with E-state index in [4.69, 9.17) is 9.47 Å². The Morgan fingerprint density at radius 3 is 1.79 bits per heavy atom. The summed E-state index contributed by atoms with van der Waals surface area (Å²) in [5.74, 6) is 2.94. The van der Waals surface area contributed by atoms with E-state index in [0.717, 1.165) is 37.0 Å². The molecule has 1 fully saturated rings. The fraction of sp³-hybridized carbons (Fsp3) is 0.639. The van der Waals surface area contributed by atoms with Crippen LogP contribution in [0.15, 0.2) is 48.5 Å². The van der Waals surface area contributed by atoms with Gasteiger partial charge in [-0.15, -0.1) is 0 Å². The van der Waals surface area contributed by atoms with Crippen LogP contribution >= 0.6 is 0 Å². The largest absolute Gasteiger partial charge is 0.494 e. The van der Waals surface area contributed by atoms with Crippen molar-refractivity contribution in [2.75, 3.05) is 6.61 Å². The predicted molar refractivity (Wildman–Crippen MR) is 164 cm³/mol. The molecule has 0 N–H and O–H groups in total. The van der Waals surface area contributed by atoms with Gasteiger partial charge in [-0.2, -0.15) is 0 Å². The summed E-state index contributed by atoms with van der Waals surface area (Å²) < 4.78 is 11.6. The summed E-state index contributed by atoms with van der Waals surface area (Å²) in [5.41, 5.74) is 1.85. The lowest BCUT2D eigenvalue weighted by atomic mass is 9.78. The van der Waals surface area contributed by atoms with Crippen LogP contribution in [-0.2, 0) is 6.42 Å². The van der Waals surface area contributed by atoms with Crippen LogP contribution in [0.5, 0.6) is 11.5 Å². The minimum absolute atomic E-state index is 0.328. The van der Waals surface area contributed by atoms with Gasteiger partial charge in [0.05, 0.1) is 12.2 Å². The van der Waals surface area contributed by atoms with E-state index in [1.54, 1.807) is 12.1 Å². The summed E-state index contributed by atoms with van der Waals surface area (Å²) in [6.07, 6.45) is 24.0. The summed E-state index contributed by atoms with van der Waals surface area (Å²) in [4.78, 5) is 12.6. The molecule has 2 aromatic rings. The molecule has 0 aliphatic heterocycles. The molecule has 1 saturated carbocycles. The van der Waals surface area contributed by atoms with Crippen molar-refractivity contribution < 1.29 is 14.3 Å². The lowest BCUT2D eigenvalue weighted by molar-refractivity contribution is 0.0734. The second-order valence-electron chi connectivity index (χ2n) is 11.8. The number of rotatable bonds is 19. The van der Waals surface area contributed by atoms with Crippen LogP contribution in [0.25, 0.3) is 0 Å². The van der Waals surface area contributed by atoms with Gasteiger partial charge in [0.1, 0.15) is 11.5 Å². The molecular formula is C36H54O3. The lowest BCUT2D eigenvalue weighted by Gasteiger charge is -2.28. The number of hydrogen-bond acceptors (Lipinski definition) is 3. The third-order valence-electron chi connectivity index (χ3n) is 8.50. The number of hydrogen-bond donors (Lipinski definition) is 0. The van der Waals surface area contributed by atoms with Crippen molar-refractivity contribution in [3.05, 3.63) is 59.7 Å². The van der Waals surface area contributed by atoms with Gasteiger partial charge < -0.3 is 9.47 Å². The van der Waals surface area contributed by atoms with E-state index in [9.17, 15) is 4.79 Å². The Hall–Kier alpha value is -2.29. The molecule has 216 valence electrons. The first kappa shape index (κ1) is 31.2. The highest BCUT2D eigenvalue weighted by molar-refractivity contribution is 5.91. The van der Waals surface area contributed by atoms with Crippen LogP contribution in [0.3, 0.4) is 0 Å². The molecule has 2 aromatic carbocycles. The first-order chi connectivity index (χ1) is 19.2. The molecule has 0 saturated heterocycles. The molecule has 1 aliphatic carbocycles. The van der Waals surface area contributed by atoms with Crippen LogP contribution in [0.2, 0.25) is 0 Å². The molecule has 0 unspecified atom stereocenters. The molecule has 3 rings (SSSR count). The van der Waals surface area contributed by atoms with Crippen LogP contribution < -0.4 is 9.47 Å². The van der Waals surface area contributed by atoms with Gasteiger partial charge in [-0.3, -0.25) is 0 Å². The normalized spacial score (nSPS) is 17.2. The van der Waals surface area contributed by atoms with Gasteiger partial charge in [-0.05, 0) is 79.5 Å². The van der Waals surface area contributed by atoms with Crippen molar-refractivity contribution in [3.63, 3.8) is 0 Å². The predicted octanol–water partition coefficient (Wildman–Crippen LogP) is 10.7. The smallest absolute Gasteiger partial charge is 0.343 e. The Labute approximate surface area is 239 Å². The Bertz CT molecular complexity index is 894. The van der Waals surface area contributed by atoms with E-state index in [0.29, 0.717) is 11.3 Å². The van der Waals surface area contributed by atoms with Crippen LogP contribution in [0, 0.1) is 11.8 Å². The number of benzene rings is 2. The van der Waals surface area contributed by atoms with Gasteiger partial charge in [0.25, 0.3) is 0 Å². The zero-order chi connectivity index (χ0) is 27.5. The van der Waals surface area contributed by atoms with Crippen LogP contribution in [0.1, 0.15) is 139 Å². The van der Waals surface area contributed by atoms with Gasteiger partial charge in [-0.1, -0.05) is 116 Å². The minimum atomic E-state index is -0.328. The highest BCUT2D eigenvalue weighted by Gasteiger charge is 2.20. The van der Waals surface area contributed by atoms with Crippen molar-refractivity contribution in [2.24, 2.45) is 11.8 Å². The fourth-order valence-corrected chi connectivity index (χ4v) is 5.92. The highest BCUT2D eigenvalue weighted by Crippen LogP contribution is 2.34. The molecule has 3 heteroatoms. The van der Waals surface area contributed by atoms with E-state index >= 15 is 0 Å². The minimum Gasteiger partial charge on any atom is -0.494 e. The summed E-state index contributed by atoms with van der Waals surface area (Å²) in [7, 11) is 0. The maximum atomic E-state index is 12.6. The van der Waals surface area contributed by atoms with E-state index in [-0.39, 0.29) is 5.97 Å². The Morgan fingerprint density at radius 2 is 1.18 bits per heavy atom. The van der Waals surface area contributed by atoms with E-state index in [1.807, 2.05) is 24.3 Å². The zero-order valence-electron chi connectivity index (χ0n) is 24.9. The highest BCUT2D eigenvalue weighted by atomic mass is 16.5. The first-order valence-electron chi connectivity index (χ1n) is 16.2. The third-order valence-corrected chi connectivity index (χ3v) is 8.50. The summed E-state index contributed by atoms with van der Waals surface area (Å²) in [5, 5.41) is 0. The maximum Gasteiger partial charge on any atom is 0.343 e. The van der Waals surface area contributed by atoms with E-state index < -0.39 is 0 Å². The number of carbonyl (C=O) groups is 1. The molecule has 0 heterocycles. The van der Waals surface area contributed by atoms with Crippen LogP contribution in [-0.4, -0.2) is 12.6 Å². The van der Waals surface area contributed by atoms with Crippen molar-refractivity contribution in [1.82, 2.24) is 0 Å². The number of carbonyl (C=O) groups excluding carboxylic acids is 1. The topological polar surface area (TPSA) is 35.5 Å². The average Bonchev–Trinajstić information content (AvgIpc) is 2.97. The maximum absolute atomic E-state index is 12.6. The quantitative estimate of drug-likeness (QED) is 0.102. The Morgan fingerprint density at radius 1 is 0.641 bits per heavy atom. The number of unbranched alkanes of at least 4 members (excludes halogenated alkanes) is 8. The molecule has 0 atom stereocenters. The zero-order valence-corrected chi connectivity index (χ0v) is 24.9. The molecule has 0 amide bonds. The van der Waals surface area contributed by atoms with Gasteiger partial charge in [0.2, 0.25) is 0 Å². The molecule has 1 aliphatic rings. The van der Waals surface area contributed by atoms with E-state index in [1.165, 1.54) is 108 Å². The number of ether oxygens (including phenoxy) is 2. The van der Waals surface area contributed by atoms with Crippen molar-refractivity contribution in [2.45, 2.75) is 129 Å². The van der Waals surface area contributed by atoms with Gasteiger partial charge in [-0.25, -0.2) is 4.79 Å². The van der Waals surface area contributed by atoms with Crippen molar-refractivity contribution in [3.8, 4) is 11.5 Å². The third kappa shape index (κ3) is 12.6. The molecule has 0 spiro atoms. The standard InChI is InChI=1S/C36H54O3/c1-3-5-7-9-11-14-30-17-19-32(20-18-30)16-13-29-38-34-27-23-33(24-28-34)36(37)39-35-25-21-31(22-26-35)15-12-10-8-6-4-2/h21-28,30,32H,3-20,29H2,1-2H3. The average molecular weight is 535 g/mol. The summed E-state index contributed by atoms with van der Waals surface area (Å²) in [6, 6.07) is 15.3. The Balaban J connectivity index is 1.27. The van der Waals surface area contributed by atoms with Crippen LogP contribution in [0.4, 0.5) is 0 Å². The molecule has 0 radical (unpaired) electrons. The van der Waals surface area contributed by atoms with Gasteiger partial charge in [0.15, 0.2) is 0 Å². The number of aryl methyl sites for hydroxylation is 1. The van der Waals surface area contributed by atoms with E-state index in [2.05, 4.69) is 26.0 Å². The van der Waals surface area contributed by atoms with Gasteiger partial charge >= 0.3 is 5.97 Å². The second-order valence-corrected chi connectivity index (χ2v) is 11.8. The fourth-order valence-electron chi connectivity index (χ4n) is 5.92. The Kier molecular flexibility index (Phi) is 15.1. The number of esters is 1. The molecule has 39 heavy (non-hydrogen) atoms. The summed E-state index contributed by atoms with van der Waals surface area (Å²) >= 11 is 0. The second kappa shape index (κ2) is 18.9. The van der Waals surface area contributed by atoms with Crippen molar-refractivity contribution >= 4 is 5.97 Å².